The molecule has 0 unspecified atom stereocenters. The van der Waals surface area contributed by atoms with Crippen LogP contribution in [0.3, 0.4) is 0 Å². The Balaban J connectivity index is 2.84. The molecule has 0 aromatic rings. The molecule has 0 saturated carbocycles. The van der Waals surface area contributed by atoms with E-state index < -0.39 is 7.66 Å². The summed E-state index contributed by atoms with van der Waals surface area (Å²) in [6, 6.07) is 0. The predicted octanol–water partition coefficient (Wildman–Crippen LogP) is 3.95. The van der Waals surface area contributed by atoms with Crippen molar-refractivity contribution in [3.8, 4) is 0 Å². The Morgan fingerprint density at radius 2 is 1.46 bits per heavy atom. The number of halogens is 2. The molecular formula is C9H20Cl2OSi. The highest BCUT2D eigenvalue weighted by Gasteiger charge is 2.00. The van der Waals surface area contributed by atoms with Gasteiger partial charge in [0.2, 0.25) is 0 Å². The minimum atomic E-state index is -1.80. The van der Waals surface area contributed by atoms with Crippen LogP contribution in [0.1, 0.15) is 51.9 Å². The lowest BCUT2D eigenvalue weighted by molar-refractivity contribution is 0.324. The molecule has 0 atom stereocenters. The molecule has 0 bridgehead atoms. The molecule has 80 valence electrons. The second kappa shape index (κ2) is 10.8. The van der Waals surface area contributed by atoms with Crippen molar-refractivity contribution in [3.63, 3.8) is 0 Å². The third-order valence-corrected chi connectivity index (χ3v) is 3.24. The highest BCUT2D eigenvalue weighted by atomic mass is 35.7. The Labute approximate surface area is 92.9 Å². The van der Waals surface area contributed by atoms with Crippen LogP contribution in [0.2, 0.25) is 0 Å². The summed E-state index contributed by atoms with van der Waals surface area (Å²) in [5, 5.41) is 0. The van der Waals surface area contributed by atoms with Gasteiger partial charge in [-0.1, -0.05) is 45.4 Å². The molecule has 4 heteroatoms. The molecule has 13 heavy (non-hydrogen) atoms. The van der Waals surface area contributed by atoms with Crippen molar-refractivity contribution in [2.45, 2.75) is 51.9 Å². The molecule has 0 N–H and O–H groups in total. The van der Waals surface area contributed by atoms with E-state index in [0.29, 0.717) is 0 Å². The number of hydrogen-bond donors (Lipinski definition) is 0. The van der Waals surface area contributed by atoms with Crippen LogP contribution in [0, 0.1) is 0 Å². The normalized spacial score (nSPS) is 11.1. The zero-order valence-electron chi connectivity index (χ0n) is 8.40. The molecule has 0 rings (SSSR count). The Morgan fingerprint density at radius 1 is 0.923 bits per heavy atom. The number of hydrogen-bond acceptors (Lipinski definition) is 1. The molecule has 0 saturated heterocycles. The van der Waals surface area contributed by atoms with Gasteiger partial charge in [-0.25, -0.2) is 0 Å². The van der Waals surface area contributed by atoms with Crippen LogP contribution in [0.15, 0.2) is 0 Å². The molecule has 0 radical (unpaired) electrons. The van der Waals surface area contributed by atoms with E-state index in [1.807, 2.05) is 0 Å². The fraction of sp³-hybridized carbons (Fsp3) is 1.00. The number of unbranched alkanes of at least 4 members (excludes halogenated alkanes) is 6. The zero-order chi connectivity index (χ0) is 9.94. The van der Waals surface area contributed by atoms with E-state index in [4.69, 9.17) is 26.6 Å². The summed E-state index contributed by atoms with van der Waals surface area (Å²) in [6.07, 6.45) is 9.09. The second-order valence-electron chi connectivity index (χ2n) is 3.25. The summed E-state index contributed by atoms with van der Waals surface area (Å²) < 4.78 is 5.14. The Kier molecular flexibility index (Phi) is 11.5. The van der Waals surface area contributed by atoms with Gasteiger partial charge in [-0.3, -0.25) is 0 Å². The van der Waals surface area contributed by atoms with Crippen LogP contribution in [0.5, 0.6) is 0 Å². The van der Waals surface area contributed by atoms with Crippen LogP contribution in [-0.4, -0.2) is 14.3 Å². The summed E-state index contributed by atoms with van der Waals surface area (Å²) in [7, 11) is -1.80. The first-order valence-corrected chi connectivity index (χ1v) is 9.13. The van der Waals surface area contributed by atoms with Gasteiger partial charge in [-0.2, -0.15) is 0 Å². The second-order valence-corrected chi connectivity index (χ2v) is 7.16. The van der Waals surface area contributed by atoms with Gasteiger partial charge in [-0.05, 0) is 6.42 Å². The van der Waals surface area contributed by atoms with E-state index in [2.05, 4.69) is 6.92 Å². The summed E-state index contributed by atoms with van der Waals surface area (Å²) >= 11 is 11.1. The van der Waals surface area contributed by atoms with E-state index >= 15 is 0 Å². The van der Waals surface area contributed by atoms with Crippen LogP contribution in [-0.2, 0) is 4.43 Å². The van der Waals surface area contributed by atoms with Gasteiger partial charge >= 0.3 is 7.66 Å². The molecule has 0 aliphatic rings. The fourth-order valence-electron chi connectivity index (χ4n) is 1.23. The van der Waals surface area contributed by atoms with Crippen molar-refractivity contribution in [1.82, 2.24) is 0 Å². The molecule has 1 nitrogen and oxygen atoms in total. The van der Waals surface area contributed by atoms with Crippen molar-refractivity contribution < 1.29 is 4.43 Å². The molecule has 0 aromatic heterocycles. The summed E-state index contributed by atoms with van der Waals surface area (Å²) in [4.78, 5) is 0. The average Bonchev–Trinajstić information content (AvgIpc) is 2.09. The summed E-state index contributed by atoms with van der Waals surface area (Å²) in [5.74, 6) is 0. The lowest BCUT2D eigenvalue weighted by Gasteiger charge is -2.03. The van der Waals surface area contributed by atoms with Crippen LogP contribution in [0.4, 0.5) is 0 Å². The maximum atomic E-state index is 5.54. The Bertz CT molecular complexity index is 102. The van der Waals surface area contributed by atoms with Gasteiger partial charge in [0.25, 0.3) is 0 Å². The summed E-state index contributed by atoms with van der Waals surface area (Å²) in [6.45, 7) is 2.98. The molecule has 0 aromatic carbocycles. The Hall–Kier alpha value is 0.757. The van der Waals surface area contributed by atoms with Gasteiger partial charge < -0.3 is 4.43 Å². The highest BCUT2D eigenvalue weighted by Crippen LogP contribution is 2.07. The van der Waals surface area contributed by atoms with E-state index in [-0.39, 0.29) is 0 Å². The monoisotopic (exact) mass is 242 g/mol. The zero-order valence-corrected chi connectivity index (χ0v) is 11.1. The van der Waals surface area contributed by atoms with Gasteiger partial charge in [-0.15, -0.1) is 22.2 Å². The molecular weight excluding hydrogens is 223 g/mol. The SMILES string of the molecule is CCCCCCCCCO[SiH](Cl)Cl. The first kappa shape index (κ1) is 13.8. The fourth-order valence-corrected chi connectivity index (χ4v) is 2.11. The smallest absolute Gasteiger partial charge is 0.373 e. The van der Waals surface area contributed by atoms with E-state index in [0.717, 1.165) is 13.0 Å². The molecule has 0 spiro atoms. The van der Waals surface area contributed by atoms with Gasteiger partial charge in [0.1, 0.15) is 0 Å². The van der Waals surface area contributed by atoms with Crippen molar-refractivity contribution >= 4 is 29.8 Å². The molecule has 0 fully saturated rings. The molecule has 0 aliphatic heterocycles. The van der Waals surface area contributed by atoms with Crippen molar-refractivity contribution in [1.29, 1.82) is 0 Å². The highest BCUT2D eigenvalue weighted by molar-refractivity contribution is 7.30. The Morgan fingerprint density at radius 3 is 2.00 bits per heavy atom. The lowest BCUT2D eigenvalue weighted by Crippen LogP contribution is -2.03. The molecule has 0 aliphatic carbocycles. The predicted molar refractivity (Wildman–Crippen MR) is 62.8 cm³/mol. The quantitative estimate of drug-likeness (QED) is 0.338. The van der Waals surface area contributed by atoms with Gasteiger partial charge in [0.15, 0.2) is 0 Å². The third kappa shape index (κ3) is 12.8. The average molecular weight is 243 g/mol. The van der Waals surface area contributed by atoms with Crippen molar-refractivity contribution in [2.75, 3.05) is 6.61 Å². The summed E-state index contributed by atoms with van der Waals surface area (Å²) in [5.41, 5.74) is 0. The molecule has 0 heterocycles. The number of rotatable bonds is 9. The first-order valence-electron chi connectivity index (χ1n) is 5.17. The first-order chi connectivity index (χ1) is 6.27. The van der Waals surface area contributed by atoms with Crippen molar-refractivity contribution in [3.05, 3.63) is 0 Å². The van der Waals surface area contributed by atoms with Gasteiger partial charge in [0, 0.05) is 6.61 Å². The van der Waals surface area contributed by atoms with Crippen LogP contribution < -0.4 is 0 Å². The third-order valence-electron chi connectivity index (χ3n) is 1.99. The standard InChI is InChI=1S/C9H20Cl2OSi/c1-2-3-4-5-6-7-8-9-12-13(10)11/h13H,2-9H2,1H3. The van der Waals surface area contributed by atoms with Crippen LogP contribution in [0.25, 0.3) is 0 Å². The van der Waals surface area contributed by atoms with Crippen LogP contribution >= 0.6 is 22.2 Å². The maximum Gasteiger partial charge on any atom is 0.373 e. The van der Waals surface area contributed by atoms with E-state index in [9.17, 15) is 0 Å². The maximum absolute atomic E-state index is 5.54. The largest absolute Gasteiger partial charge is 0.395 e. The molecule has 0 amide bonds. The van der Waals surface area contributed by atoms with E-state index in [1.54, 1.807) is 0 Å². The minimum Gasteiger partial charge on any atom is -0.395 e. The topological polar surface area (TPSA) is 9.23 Å². The minimum absolute atomic E-state index is 0.748. The van der Waals surface area contributed by atoms with Crippen molar-refractivity contribution in [2.24, 2.45) is 0 Å². The van der Waals surface area contributed by atoms with Gasteiger partial charge in [0.05, 0.1) is 0 Å². The lowest BCUT2D eigenvalue weighted by atomic mass is 10.1. The van der Waals surface area contributed by atoms with E-state index in [1.165, 1.54) is 38.5 Å².